The summed E-state index contributed by atoms with van der Waals surface area (Å²) in [6.45, 7) is 9.47. The standard InChI is InChI=1S/C46H35NS/c1-45(2)39-14-8-5-11-33(39)35-19-17-28(26-41(35)45)30-23-31(29-18-20-36-34-12-6-9-15-40(34)46(3,4)42(36)27-29)25-32(24-30)47-43-16-10-7-13-37(43)38-21-22-48-44(38)47/h5-27H,1-4H3. The molecule has 2 heteroatoms. The molecule has 2 aromatic heterocycles. The van der Waals surface area contributed by atoms with E-state index in [9.17, 15) is 0 Å². The van der Waals surface area contributed by atoms with Gasteiger partial charge in [-0.05, 0) is 115 Å². The lowest BCUT2D eigenvalue weighted by Gasteiger charge is -2.23. The molecule has 0 aliphatic heterocycles. The van der Waals surface area contributed by atoms with Crippen LogP contribution in [-0.4, -0.2) is 4.57 Å². The summed E-state index contributed by atoms with van der Waals surface area (Å²) in [5, 5.41) is 4.84. The first-order valence-corrected chi connectivity index (χ1v) is 17.8. The zero-order valence-electron chi connectivity index (χ0n) is 27.6. The van der Waals surface area contributed by atoms with Crippen LogP contribution in [-0.2, 0) is 10.8 Å². The largest absolute Gasteiger partial charge is 0.301 e. The van der Waals surface area contributed by atoms with E-state index in [1.54, 1.807) is 0 Å². The summed E-state index contributed by atoms with van der Waals surface area (Å²) in [5.41, 5.74) is 18.4. The van der Waals surface area contributed by atoms with Crippen molar-refractivity contribution < 1.29 is 0 Å². The minimum absolute atomic E-state index is 0.0529. The van der Waals surface area contributed by atoms with Gasteiger partial charge in [-0.1, -0.05) is 119 Å². The van der Waals surface area contributed by atoms with Gasteiger partial charge >= 0.3 is 0 Å². The maximum Gasteiger partial charge on any atom is 0.108 e. The van der Waals surface area contributed by atoms with Crippen LogP contribution in [0.2, 0.25) is 0 Å². The molecule has 2 aliphatic rings. The van der Waals surface area contributed by atoms with E-state index in [0.717, 1.165) is 0 Å². The zero-order chi connectivity index (χ0) is 32.4. The molecule has 0 amide bonds. The Bertz CT molecular complexity index is 2500. The van der Waals surface area contributed by atoms with Crippen molar-refractivity contribution in [2.45, 2.75) is 38.5 Å². The van der Waals surface area contributed by atoms with E-state index in [2.05, 4.69) is 171 Å². The Morgan fingerprint density at radius 3 is 1.56 bits per heavy atom. The normalized spacial score (nSPS) is 15.0. The van der Waals surface area contributed by atoms with Crippen molar-refractivity contribution >= 4 is 32.5 Å². The molecule has 10 rings (SSSR count). The van der Waals surface area contributed by atoms with Crippen molar-refractivity contribution in [1.82, 2.24) is 4.57 Å². The molecule has 0 saturated carbocycles. The van der Waals surface area contributed by atoms with E-state index < -0.39 is 0 Å². The molecular weight excluding hydrogens is 599 g/mol. The van der Waals surface area contributed by atoms with Gasteiger partial charge in [0, 0.05) is 27.3 Å². The number of fused-ring (bicyclic) bond motifs is 9. The Hall–Kier alpha value is -5.18. The van der Waals surface area contributed by atoms with Gasteiger partial charge in [0.25, 0.3) is 0 Å². The van der Waals surface area contributed by atoms with Crippen molar-refractivity contribution in [3.05, 3.63) is 161 Å². The van der Waals surface area contributed by atoms with Gasteiger partial charge in [0.05, 0.1) is 5.52 Å². The first-order valence-electron chi connectivity index (χ1n) is 16.9. The minimum Gasteiger partial charge on any atom is -0.301 e. The minimum atomic E-state index is -0.0529. The van der Waals surface area contributed by atoms with Crippen LogP contribution in [0.1, 0.15) is 49.9 Å². The highest BCUT2D eigenvalue weighted by molar-refractivity contribution is 7.17. The second kappa shape index (κ2) is 9.69. The monoisotopic (exact) mass is 633 g/mol. The number of hydrogen-bond donors (Lipinski definition) is 0. The van der Waals surface area contributed by atoms with Gasteiger partial charge in [0.2, 0.25) is 0 Å². The van der Waals surface area contributed by atoms with Crippen molar-refractivity contribution in [2.75, 3.05) is 0 Å². The molecule has 0 atom stereocenters. The Kier molecular flexibility index (Phi) is 5.63. The summed E-state index contributed by atoms with van der Waals surface area (Å²) in [4.78, 5) is 1.29. The third-order valence-corrected chi connectivity index (χ3v) is 12.2. The summed E-state index contributed by atoms with van der Waals surface area (Å²) in [6.07, 6.45) is 0. The molecule has 6 aromatic carbocycles. The molecule has 0 radical (unpaired) electrons. The highest BCUT2D eigenvalue weighted by atomic mass is 32.1. The van der Waals surface area contributed by atoms with Crippen LogP contribution >= 0.6 is 11.3 Å². The van der Waals surface area contributed by atoms with E-state index in [1.807, 2.05) is 11.3 Å². The van der Waals surface area contributed by atoms with Crippen LogP contribution in [0.15, 0.2) is 139 Å². The lowest BCUT2D eigenvalue weighted by molar-refractivity contribution is 0.660. The van der Waals surface area contributed by atoms with Gasteiger partial charge < -0.3 is 4.57 Å². The molecule has 0 unspecified atom stereocenters. The van der Waals surface area contributed by atoms with Gasteiger partial charge in [0.15, 0.2) is 0 Å². The fraction of sp³-hybridized carbons (Fsp3) is 0.130. The maximum absolute atomic E-state index is 2.47. The van der Waals surface area contributed by atoms with Crippen LogP contribution in [0.4, 0.5) is 0 Å². The Morgan fingerprint density at radius 2 is 0.958 bits per heavy atom. The van der Waals surface area contributed by atoms with E-state index in [-0.39, 0.29) is 10.8 Å². The molecule has 230 valence electrons. The maximum atomic E-state index is 2.47. The van der Waals surface area contributed by atoms with E-state index in [1.165, 1.54) is 93.6 Å². The van der Waals surface area contributed by atoms with Crippen LogP contribution in [0, 0.1) is 0 Å². The second-order valence-corrected chi connectivity index (χ2v) is 15.5. The lowest BCUT2D eigenvalue weighted by Crippen LogP contribution is -2.15. The fourth-order valence-electron chi connectivity index (χ4n) is 8.78. The molecule has 1 nitrogen and oxygen atoms in total. The summed E-state index contributed by atoms with van der Waals surface area (Å²) < 4.78 is 2.47. The van der Waals surface area contributed by atoms with E-state index >= 15 is 0 Å². The van der Waals surface area contributed by atoms with Crippen LogP contribution in [0.25, 0.3) is 71.3 Å². The number of benzene rings is 6. The predicted octanol–water partition coefficient (Wildman–Crippen LogP) is 12.8. The number of aromatic nitrogens is 1. The van der Waals surface area contributed by atoms with E-state index in [4.69, 9.17) is 0 Å². The average molecular weight is 634 g/mol. The molecule has 8 aromatic rings. The molecule has 2 aliphatic carbocycles. The third kappa shape index (κ3) is 3.72. The summed E-state index contributed by atoms with van der Waals surface area (Å²) in [7, 11) is 0. The third-order valence-electron chi connectivity index (χ3n) is 11.3. The molecule has 0 saturated heterocycles. The van der Waals surface area contributed by atoms with Crippen LogP contribution < -0.4 is 0 Å². The quantitative estimate of drug-likeness (QED) is 0.182. The number of nitrogens with zero attached hydrogens (tertiary/aromatic N) is 1. The number of thiophene rings is 1. The Morgan fingerprint density at radius 1 is 0.438 bits per heavy atom. The Labute approximate surface area is 285 Å². The van der Waals surface area contributed by atoms with Crippen LogP contribution in [0.5, 0.6) is 0 Å². The van der Waals surface area contributed by atoms with Crippen molar-refractivity contribution in [3.8, 4) is 50.2 Å². The van der Waals surface area contributed by atoms with Gasteiger partial charge in [-0.2, -0.15) is 0 Å². The van der Waals surface area contributed by atoms with Crippen molar-refractivity contribution in [2.24, 2.45) is 0 Å². The van der Waals surface area contributed by atoms with Gasteiger partial charge in [0.1, 0.15) is 4.83 Å². The smallest absolute Gasteiger partial charge is 0.108 e. The average Bonchev–Trinajstić information content (AvgIpc) is 3.83. The van der Waals surface area contributed by atoms with Crippen molar-refractivity contribution in [1.29, 1.82) is 0 Å². The molecular formula is C46H35NS. The molecule has 0 N–H and O–H groups in total. The van der Waals surface area contributed by atoms with Crippen molar-refractivity contribution in [3.63, 3.8) is 0 Å². The van der Waals surface area contributed by atoms with Gasteiger partial charge in [-0.15, -0.1) is 11.3 Å². The predicted molar refractivity (Wildman–Crippen MR) is 205 cm³/mol. The molecule has 0 spiro atoms. The molecule has 0 fully saturated rings. The second-order valence-electron chi connectivity index (χ2n) is 14.6. The topological polar surface area (TPSA) is 4.93 Å². The SMILES string of the molecule is CC1(C)c2ccccc2-c2ccc(-c3cc(-c4ccc5c(c4)C(C)(C)c4ccccc4-5)cc(-n4c5ccccc5c5ccsc54)c3)cc21. The first kappa shape index (κ1) is 27.9. The highest BCUT2D eigenvalue weighted by Crippen LogP contribution is 2.51. The zero-order valence-corrected chi connectivity index (χ0v) is 28.5. The summed E-state index contributed by atoms with van der Waals surface area (Å²) in [5.74, 6) is 0. The van der Waals surface area contributed by atoms with Gasteiger partial charge in [-0.3, -0.25) is 0 Å². The summed E-state index contributed by atoms with van der Waals surface area (Å²) >= 11 is 1.82. The lowest BCUT2D eigenvalue weighted by atomic mass is 9.81. The Balaban J connectivity index is 1.21. The van der Waals surface area contributed by atoms with Crippen LogP contribution in [0.3, 0.4) is 0 Å². The molecule has 2 heterocycles. The number of para-hydroxylation sites is 1. The number of hydrogen-bond acceptors (Lipinski definition) is 1. The number of rotatable bonds is 3. The summed E-state index contributed by atoms with van der Waals surface area (Å²) in [6, 6.07) is 50.4. The van der Waals surface area contributed by atoms with E-state index in [0.29, 0.717) is 0 Å². The highest BCUT2D eigenvalue weighted by Gasteiger charge is 2.36. The molecule has 0 bridgehead atoms. The molecule has 48 heavy (non-hydrogen) atoms. The first-order chi connectivity index (χ1) is 23.3. The fourth-order valence-corrected chi connectivity index (χ4v) is 9.73. The van der Waals surface area contributed by atoms with Gasteiger partial charge in [-0.25, -0.2) is 0 Å².